The fourth-order valence-corrected chi connectivity index (χ4v) is 4.47. The number of rotatable bonds is 9. The number of methoxy groups -OCH3 is 1. The Bertz CT molecular complexity index is 662. The number of nitrogens with zero attached hydrogens (tertiary/aromatic N) is 2. The minimum absolute atomic E-state index is 0. The van der Waals surface area contributed by atoms with E-state index in [4.69, 9.17) is 14.2 Å². The summed E-state index contributed by atoms with van der Waals surface area (Å²) in [7, 11) is 3.53. The van der Waals surface area contributed by atoms with E-state index >= 15 is 0 Å². The third-order valence-corrected chi connectivity index (χ3v) is 6.13. The quantitative estimate of drug-likeness (QED) is 0.213. The molecule has 1 aliphatic carbocycles. The van der Waals surface area contributed by atoms with Crippen LogP contribution in [0.25, 0.3) is 0 Å². The van der Waals surface area contributed by atoms with Crippen LogP contribution < -0.4 is 15.4 Å². The molecule has 0 radical (unpaired) electrons. The predicted molar refractivity (Wildman–Crippen MR) is 137 cm³/mol. The lowest BCUT2D eigenvalue weighted by Crippen LogP contribution is -2.60. The summed E-state index contributed by atoms with van der Waals surface area (Å²) < 4.78 is 16.5. The molecule has 2 fully saturated rings. The second-order valence-electron chi connectivity index (χ2n) is 8.16. The van der Waals surface area contributed by atoms with Gasteiger partial charge in [-0.05, 0) is 25.0 Å². The number of hydrogen-bond acceptors (Lipinski definition) is 5. The zero-order chi connectivity index (χ0) is 21.1. The summed E-state index contributed by atoms with van der Waals surface area (Å²) >= 11 is 0. The van der Waals surface area contributed by atoms with Gasteiger partial charge in [-0.25, -0.2) is 0 Å². The highest BCUT2D eigenvalue weighted by Gasteiger charge is 2.38. The summed E-state index contributed by atoms with van der Waals surface area (Å²) in [6, 6.07) is 8.02. The van der Waals surface area contributed by atoms with Gasteiger partial charge in [-0.3, -0.25) is 9.89 Å². The number of anilines is 1. The van der Waals surface area contributed by atoms with Crippen LogP contribution in [0.3, 0.4) is 0 Å². The minimum atomic E-state index is 0. The van der Waals surface area contributed by atoms with Crippen LogP contribution in [0.4, 0.5) is 5.69 Å². The summed E-state index contributed by atoms with van der Waals surface area (Å²) in [5.74, 6) is 1.65. The molecule has 1 aromatic carbocycles. The molecule has 31 heavy (non-hydrogen) atoms. The molecule has 1 saturated heterocycles. The van der Waals surface area contributed by atoms with Gasteiger partial charge in [0, 0.05) is 64.1 Å². The van der Waals surface area contributed by atoms with Gasteiger partial charge in [-0.1, -0.05) is 25.3 Å². The van der Waals surface area contributed by atoms with Crippen molar-refractivity contribution in [2.45, 2.75) is 44.1 Å². The third kappa shape index (κ3) is 8.07. The first-order valence-electron chi connectivity index (χ1n) is 11.3. The van der Waals surface area contributed by atoms with Gasteiger partial charge in [0.2, 0.25) is 0 Å². The average Bonchev–Trinajstić information content (AvgIpc) is 2.81. The molecule has 0 unspecified atom stereocenters. The normalized spacial score (nSPS) is 19.4. The van der Waals surface area contributed by atoms with Gasteiger partial charge in [-0.2, -0.15) is 0 Å². The van der Waals surface area contributed by atoms with E-state index in [0.717, 1.165) is 56.7 Å². The number of morpholine rings is 1. The number of nitrogens with one attached hydrogen (secondary N) is 2. The van der Waals surface area contributed by atoms with Crippen molar-refractivity contribution in [1.29, 1.82) is 0 Å². The first kappa shape index (κ1) is 26.2. The van der Waals surface area contributed by atoms with E-state index in [1.54, 1.807) is 7.11 Å². The van der Waals surface area contributed by atoms with Crippen LogP contribution in [0.2, 0.25) is 0 Å². The second kappa shape index (κ2) is 14.1. The Morgan fingerprint density at radius 1 is 1.16 bits per heavy atom. The highest BCUT2D eigenvalue weighted by Crippen LogP contribution is 2.34. The molecule has 2 N–H and O–H groups in total. The van der Waals surface area contributed by atoms with Crippen LogP contribution in [0.15, 0.2) is 29.3 Å². The molecule has 1 heterocycles. The molecular weight excluding hydrogens is 507 g/mol. The summed E-state index contributed by atoms with van der Waals surface area (Å²) in [5.41, 5.74) is 1.17. The highest BCUT2D eigenvalue weighted by atomic mass is 127. The lowest BCUT2D eigenvalue weighted by Gasteiger charge is -2.48. The van der Waals surface area contributed by atoms with E-state index in [1.807, 2.05) is 31.3 Å². The molecule has 0 atom stereocenters. The van der Waals surface area contributed by atoms with Crippen molar-refractivity contribution in [3.63, 3.8) is 0 Å². The van der Waals surface area contributed by atoms with E-state index in [2.05, 4.69) is 20.5 Å². The minimum Gasteiger partial charge on any atom is -0.493 e. The standard InChI is InChI=1S/C23H38N4O3.HI/c1-24-22(26-20-8-6-9-21(18-20)30-15-7-14-28-2)25-19-23(10-4-3-5-11-23)27-12-16-29-17-13-27;/h6,8-9,18H,3-5,7,10-17,19H2,1-2H3,(H2,24,25,26);1H. The van der Waals surface area contributed by atoms with Gasteiger partial charge >= 0.3 is 0 Å². The van der Waals surface area contributed by atoms with Crippen LogP contribution in [0, 0.1) is 0 Å². The average molecular weight is 546 g/mol. The van der Waals surface area contributed by atoms with Crippen molar-refractivity contribution in [3.05, 3.63) is 24.3 Å². The van der Waals surface area contributed by atoms with Crippen molar-refractivity contribution in [2.24, 2.45) is 4.99 Å². The molecule has 3 rings (SSSR count). The van der Waals surface area contributed by atoms with Crippen molar-refractivity contribution in [3.8, 4) is 5.75 Å². The number of ether oxygens (including phenoxy) is 3. The maximum atomic E-state index is 5.82. The van der Waals surface area contributed by atoms with Crippen LogP contribution in [0.1, 0.15) is 38.5 Å². The topological polar surface area (TPSA) is 67.4 Å². The van der Waals surface area contributed by atoms with Crippen molar-refractivity contribution < 1.29 is 14.2 Å². The van der Waals surface area contributed by atoms with Gasteiger partial charge in [0.15, 0.2) is 5.96 Å². The van der Waals surface area contributed by atoms with E-state index in [0.29, 0.717) is 13.2 Å². The largest absolute Gasteiger partial charge is 0.493 e. The summed E-state index contributed by atoms with van der Waals surface area (Å²) in [6.45, 7) is 5.98. The third-order valence-electron chi connectivity index (χ3n) is 6.13. The fraction of sp³-hybridized carbons (Fsp3) is 0.696. The van der Waals surface area contributed by atoms with Gasteiger partial charge in [0.25, 0.3) is 0 Å². The number of aliphatic imine (C=N–C) groups is 1. The Kier molecular flexibility index (Phi) is 11.9. The Morgan fingerprint density at radius 2 is 1.94 bits per heavy atom. The zero-order valence-corrected chi connectivity index (χ0v) is 21.4. The van der Waals surface area contributed by atoms with E-state index in [-0.39, 0.29) is 29.5 Å². The summed E-state index contributed by atoms with van der Waals surface area (Å²) in [4.78, 5) is 7.10. The summed E-state index contributed by atoms with van der Waals surface area (Å²) in [6.07, 6.45) is 7.29. The first-order valence-corrected chi connectivity index (χ1v) is 11.3. The van der Waals surface area contributed by atoms with E-state index in [1.165, 1.54) is 32.1 Å². The Hall–Kier alpha value is -1.10. The smallest absolute Gasteiger partial charge is 0.195 e. The second-order valence-corrected chi connectivity index (χ2v) is 8.16. The number of halogens is 1. The van der Waals surface area contributed by atoms with Gasteiger partial charge in [0.05, 0.1) is 19.8 Å². The lowest BCUT2D eigenvalue weighted by atomic mass is 9.80. The molecule has 1 saturated carbocycles. The van der Waals surface area contributed by atoms with Crippen LogP contribution in [0.5, 0.6) is 5.75 Å². The molecule has 1 aliphatic heterocycles. The Morgan fingerprint density at radius 3 is 2.65 bits per heavy atom. The van der Waals surface area contributed by atoms with Crippen molar-refractivity contribution in [1.82, 2.24) is 10.2 Å². The van der Waals surface area contributed by atoms with Gasteiger partial charge < -0.3 is 24.8 Å². The maximum Gasteiger partial charge on any atom is 0.195 e. The molecule has 0 aromatic heterocycles. The zero-order valence-electron chi connectivity index (χ0n) is 19.0. The van der Waals surface area contributed by atoms with Crippen LogP contribution in [-0.4, -0.2) is 76.6 Å². The molecule has 176 valence electrons. The summed E-state index contributed by atoms with van der Waals surface area (Å²) in [5, 5.41) is 7.03. The van der Waals surface area contributed by atoms with Crippen LogP contribution >= 0.6 is 24.0 Å². The molecule has 2 aliphatic rings. The molecule has 0 spiro atoms. The van der Waals surface area contributed by atoms with Crippen molar-refractivity contribution >= 4 is 35.6 Å². The van der Waals surface area contributed by atoms with Gasteiger partial charge in [-0.15, -0.1) is 24.0 Å². The molecule has 1 aromatic rings. The molecule has 0 bridgehead atoms. The molecule has 8 heteroatoms. The first-order chi connectivity index (χ1) is 14.8. The number of benzene rings is 1. The predicted octanol–water partition coefficient (Wildman–Crippen LogP) is 3.74. The van der Waals surface area contributed by atoms with E-state index < -0.39 is 0 Å². The SMILES string of the molecule is CN=C(NCC1(N2CCOCC2)CCCCC1)Nc1cccc(OCCCOC)c1.I. The van der Waals surface area contributed by atoms with Crippen molar-refractivity contribution in [2.75, 3.05) is 65.5 Å². The Balaban J connectivity index is 0.00000341. The Labute approximate surface area is 204 Å². The molecular formula is C23H39IN4O3. The number of guanidine groups is 1. The monoisotopic (exact) mass is 546 g/mol. The number of hydrogen-bond donors (Lipinski definition) is 2. The van der Waals surface area contributed by atoms with E-state index in [9.17, 15) is 0 Å². The van der Waals surface area contributed by atoms with Gasteiger partial charge in [0.1, 0.15) is 5.75 Å². The highest BCUT2D eigenvalue weighted by molar-refractivity contribution is 14.0. The fourth-order valence-electron chi connectivity index (χ4n) is 4.47. The molecule has 7 nitrogen and oxygen atoms in total. The van der Waals surface area contributed by atoms with Crippen LogP contribution in [-0.2, 0) is 9.47 Å². The lowest BCUT2D eigenvalue weighted by molar-refractivity contribution is -0.0352. The maximum absolute atomic E-state index is 5.82. The molecule has 0 amide bonds.